The minimum Gasteiger partial charge on any atom is -0.465 e. The monoisotopic (exact) mass is 388 g/mol. The molecule has 1 aliphatic heterocycles. The number of fused-ring (bicyclic) bond motifs is 1. The Labute approximate surface area is 161 Å². The van der Waals surface area contributed by atoms with Gasteiger partial charge in [0, 0.05) is 31.0 Å². The number of aromatic nitrogens is 1. The normalized spacial score (nSPS) is 15.8. The smallest absolute Gasteiger partial charge is 0.340 e. The molecule has 0 aliphatic carbocycles. The number of carbonyl (C=O) groups is 1. The minimum absolute atomic E-state index is 0.112. The molecule has 0 saturated carbocycles. The van der Waals surface area contributed by atoms with Crippen molar-refractivity contribution in [3.63, 3.8) is 0 Å². The first-order valence-electron chi connectivity index (χ1n) is 8.64. The molecular formula is C20H21FN2O5. The number of halogens is 1. The molecule has 2 heterocycles. The summed E-state index contributed by atoms with van der Waals surface area (Å²) < 4.78 is 31.6. The third kappa shape index (κ3) is 3.27. The van der Waals surface area contributed by atoms with Crippen LogP contribution in [0.15, 0.2) is 46.6 Å². The van der Waals surface area contributed by atoms with Gasteiger partial charge in [0.2, 0.25) is 5.88 Å². The summed E-state index contributed by atoms with van der Waals surface area (Å²) in [4.78, 5) is 25.7. The van der Waals surface area contributed by atoms with Crippen molar-refractivity contribution in [2.24, 2.45) is 5.73 Å². The summed E-state index contributed by atoms with van der Waals surface area (Å²) in [6.45, 7) is 2.35. The average molecular weight is 388 g/mol. The molecule has 7 nitrogen and oxygen atoms in total. The van der Waals surface area contributed by atoms with Crippen LogP contribution in [0.1, 0.15) is 22.7 Å². The van der Waals surface area contributed by atoms with E-state index in [1.165, 1.54) is 37.0 Å². The summed E-state index contributed by atoms with van der Waals surface area (Å²) in [7, 11) is 2.71. The van der Waals surface area contributed by atoms with Crippen molar-refractivity contribution in [3.05, 3.63) is 74.8 Å². The van der Waals surface area contributed by atoms with Crippen molar-refractivity contribution in [1.82, 2.24) is 4.57 Å². The van der Waals surface area contributed by atoms with Crippen LogP contribution >= 0.6 is 0 Å². The molecule has 1 aliphatic rings. The zero-order chi connectivity index (χ0) is 20.4. The molecule has 0 fully saturated rings. The van der Waals surface area contributed by atoms with Crippen molar-refractivity contribution in [3.8, 4) is 5.75 Å². The van der Waals surface area contributed by atoms with Gasteiger partial charge < -0.3 is 24.5 Å². The Hall–Kier alpha value is -3.13. The Balaban J connectivity index is 2.32. The second kappa shape index (κ2) is 7.85. The molecule has 1 atom stereocenters. The highest BCUT2D eigenvalue weighted by atomic mass is 19.1. The number of aryl methyl sites for hydroxylation is 1. The predicted molar refractivity (Wildman–Crippen MR) is 99.4 cm³/mol. The van der Waals surface area contributed by atoms with E-state index in [2.05, 4.69) is 0 Å². The van der Waals surface area contributed by atoms with Crippen LogP contribution in [0.2, 0.25) is 0 Å². The fourth-order valence-electron chi connectivity index (χ4n) is 3.38. The average Bonchev–Trinajstić information content (AvgIpc) is 2.66. The van der Waals surface area contributed by atoms with E-state index in [1.54, 1.807) is 19.1 Å². The van der Waals surface area contributed by atoms with E-state index in [1.807, 2.05) is 0 Å². The quantitative estimate of drug-likeness (QED) is 0.786. The van der Waals surface area contributed by atoms with Crippen molar-refractivity contribution in [2.75, 3.05) is 20.8 Å². The fourth-order valence-corrected chi connectivity index (χ4v) is 3.38. The highest BCUT2D eigenvalue weighted by Gasteiger charge is 2.39. The van der Waals surface area contributed by atoms with Crippen LogP contribution in [0, 0.1) is 12.7 Å². The number of methoxy groups -OCH3 is 2. The van der Waals surface area contributed by atoms with Crippen LogP contribution in [-0.4, -0.2) is 31.4 Å². The first-order valence-corrected chi connectivity index (χ1v) is 8.64. The second-order valence-electron chi connectivity index (χ2n) is 6.34. The first kappa shape index (κ1) is 19.6. The zero-order valence-corrected chi connectivity index (χ0v) is 15.8. The molecular weight excluding hydrogens is 367 g/mol. The van der Waals surface area contributed by atoms with Crippen LogP contribution in [0.4, 0.5) is 4.39 Å². The summed E-state index contributed by atoms with van der Waals surface area (Å²) in [6, 6.07) is 7.55. The number of benzene rings is 1. The van der Waals surface area contributed by atoms with Crippen LogP contribution < -0.4 is 16.0 Å². The molecule has 3 rings (SSSR count). The van der Waals surface area contributed by atoms with Gasteiger partial charge in [-0.25, -0.2) is 9.18 Å². The molecule has 0 bridgehead atoms. The van der Waals surface area contributed by atoms with Gasteiger partial charge in [0.1, 0.15) is 17.1 Å². The summed E-state index contributed by atoms with van der Waals surface area (Å²) >= 11 is 0. The van der Waals surface area contributed by atoms with Crippen LogP contribution in [-0.2, 0) is 20.8 Å². The molecule has 0 radical (unpaired) electrons. The zero-order valence-electron chi connectivity index (χ0n) is 15.8. The Bertz CT molecular complexity index is 1010. The number of pyridine rings is 1. The van der Waals surface area contributed by atoms with Crippen molar-refractivity contribution < 1.29 is 23.4 Å². The van der Waals surface area contributed by atoms with E-state index < -0.39 is 23.3 Å². The number of nitrogens with zero attached hydrogens (tertiary/aromatic N) is 1. The maximum absolute atomic E-state index is 14.7. The molecule has 0 saturated heterocycles. The summed E-state index contributed by atoms with van der Waals surface area (Å²) in [5.41, 5.74) is 6.34. The lowest BCUT2D eigenvalue weighted by atomic mass is 9.83. The number of hydrogen-bond acceptors (Lipinski definition) is 6. The molecule has 2 N–H and O–H groups in total. The number of ether oxygens (including phenoxy) is 3. The van der Waals surface area contributed by atoms with Crippen LogP contribution in [0.25, 0.3) is 0 Å². The van der Waals surface area contributed by atoms with E-state index >= 15 is 0 Å². The number of nitrogens with two attached hydrogens (primary N) is 1. The van der Waals surface area contributed by atoms with Gasteiger partial charge in [0.25, 0.3) is 5.56 Å². The van der Waals surface area contributed by atoms with Gasteiger partial charge in [0.15, 0.2) is 0 Å². The Kier molecular flexibility index (Phi) is 5.51. The molecule has 148 valence electrons. The van der Waals surface area contributed by atoms with Crippen LogP contribution in [0.5, 0.6) is 5.75 Å². The number of hydrogen-bond donors (Lipinski definition) is 1. The van der Waals surface area contributed by atoms with Crippen molar-refractivity contribution in [1.29, 1.82) is 0 Å². The number of esters is 1. The second-order valence-corrected chi connectivity index (χ2v) is 6.34. The van der Waals surface area contributed by atoms with E-state index in [0.29, 0.717) is 18.8 Å². The fraction of sp³-hybridized carbons (Fsp3) is 0.300. The third-order valence-electron chi connectivity index (χ3n) is 4.71. The van der Waals surface area contributed by atoms with Gasteiger partial charge in [0.05, 0.1) is 25.2 Å². The minimum atomic E-state index is -1.06. The molecule has 1 aromatic heterocycles. The predicted octanol–water partition coefficient (Wildman–Crippen LogP) is 1.81. The SMILES string of the molecule is COCCn1c(C)cc2c(c1=O)C(c1ccccc1F)C(C(=O)OC)=C(N)O2. The highest BCUT2D eigenvalue weighted by Crippen LogP contribution is 2.41. The van der Waals surface area contributed by atoms with Gasteiger partial charge in [-0.2, -0.15) is 0 Å². The van der Waals surface area contributed by atoms with Crippen molar-refractivity contribution in [2.45, 2.75) is 19.4 Å². The Morgan fingerprint density at radius 2 is 2.04 bits per heavy atom. The molecule has 1 unspecified atom stereocenters. The van der Waals surface area contributed by atoms with Crippen molar-refractivity contribution >= 4 is 5.97 Å². The topological polar surface area (TPSA) is 92.8 Å². The van der Waals surface area contributed by atoms with E-state index in [4.69, 9.17) is 19.9 Å². The van der Waals surface area contributed by atoms with E-state index in [-0.39, 0.29) is 28.3 Å². The molecule has 28 heavy (non-hydrogen) atoms. The van der Waals surface area contributed by atoms with E-state index in [9.17, 15) is 14.0 Å². The number of carbonyl (C=O) groups excluding carboxylic acids is 1. The lowest BCUT2D eigenvalue weighted by molar-refractivity contribution is -0.136. The Morgan fingerprint density at radius 1 is 1.32 bits per heavy atom. The molecule has 2 aromatic rings. The first-order chi connectivity index (χ1) is 13.4. The van der Waals surface area contributed by atoms with E-state index in [0.717, 1.165) is 0 Å². The highest BCUT2D eigenvalue weighted by molar-refractivity contribution is 5.92. The maximum atomic E-state index is 14.7. The molecule has 1 aromatic carbocycles. The third-order valence-corrected chi connectivity index (χ3v) is 4.71. The molecule has 0 spiro atoms. The molecule has 8 heteroatoms. The van der Waals surface area contributed by atoms with Gasteiger partial charge in [-0.3, -0.25) is 4.79 Å². The van der Waals surface area contributed by atoms with Crippen LogP contribution in [0.3, 0.4) is 0 Å². The lowest BCUT2D eigenvalue weighted by Crippen LogP contribution is -2.35. The number of rotatable bonds is 5. The maximum Gasteiger partial charge on any atom is 0.340 e. The summed E-state index contributed by atoms with van der Waals surface area (Å²) in [6.07, 6.45) is 0. The Morgan fingerprint density at radius 3 is 2.68 bits per heavy atom. The van der Waals surface area contributed by atoms with Gasteiger partial charge in [-0.05, 0) is 13.0 Å². The summed E-state index contributed by atoms with van der Waals surface area (Å²) in [5.74, 6) is -2.45. The molecule has 0 amide bonds. The standard InChI is InChI=1S/C20H21FN2O5/c1-11-10-14-16(19(24)23(11)8-9-26-2)15(12-6-4-5-7-13(12)21)17(18(22)28-14)20(25)27-3/h4-7,10,15H,8-9,22H2,1-3H3. The van der Waals surface area contributed by atoms with Gasteiger partial charge >= 0.3 is 5.97 Å². The summed E-state index contributed by atoms with van der Waals surface area (Å²) in [5, 5.41) is 0. The van der Waals surface area contributed by atoms with Gasteiger partial charge in [-0.1, -0.05) is 18.2 Å². The largest absolute Gasteiger partial charge is 0.465 e. The van der Waals surface area contributed by atoms with Gasteiger partial charge in [-0.15, -0.1) is 0 Å². The lowest BCUT2D eigenvalue weighted by Gasteiger charge is -2.29.